The summed E-state index contributed by atoms with van der Waals surface area (Å²) in [5.74, 6) is 0.888. The predicted molar refractivity (Wildman–Crippen MR) is 126 cm³/mol. The number of piperazine rings is 1. The Hall–Kier alpha value is -3.52. The highest BCUT2D eigenvalue weighted by atomic mass is 16.5. The van der Waals surface area contributed by atoms with Gasteiger partial charge >= 0.3 is 0 Å². The number of likely N-dealkylation sites (N-methyl/N-ethyl adjacent to an activating group) is 1. The summed E-state index contributed by atoms with van der Waals surface area (Å²) in [6.07, 6.45) is 0. The van der Waals surface area contributed by atoms with Crippen molar-refractivity contribution in [3.05, 3.63) is 53.7 Å². The Kier molecular flexibility index (Phi) is 6.55. The van der Waals surface area contributed by atoms with Gasteiger partial charge in [-0.1, -0.05) is 19.1 Å². The topological polar surface area (TPSA) is 71.6 Å². The Morgan fingerprint density at radius 2 is 1.42 bits per heavy atom. The third kappa shape index (κ3) is 4.14. The van der Waals surface area contributed by atoms with Crippen molar-refractivity contribution in [2.24, 2.45) is 0 Å². The van der Waals surface area contributed by atoms with E-state index < -0.39 is 0 Å². The van der Waals surface area contributed by atoms with Crippen molar-refractivity contribution in [1.29, 1.82) is 0 Å². The molecule has 0 saturated carbocycles. The number of anilines is 1. The van der Waals surface area contributed by atoms with Gasteiger partial charge in [-0.25, -0.2) is 4.90 Å². The van der Waals surface area contributed by atoms with E-state index in [1.165, 1.54) is 12.0 Å². The van der Waals surface area contributed by atoms with E-state index in [9.17, 15) is 9.59 Å². The zero-order chi connectivity index (χ0) is 23.5. The van der Waals surface area contributed by atoms with Gasteiger partial charge in [-0.2, -0.15) is 0 Å². The SMILES string of the molecule is CCN1CCN(C2=C(c3ccc(OC)cc3)C(=O)N(c3cc(OC)ccc3OC)C2=O)CC1. The number of benzene rings is 2. The average molecular weight is 452 g/mol. The van der Waals surface area contributed by atoms with Crippen LogP contribution in [0, 0.1) is 0 Å². The van der Waals surface area contributed by atoms with Crippen LogP contribution in [0.2, 0.25) is 0 Å². The number of imide groups is 1. The molecule has 8 heteroatoms. The molecule has 0 N–H and O–H groups in total. The van der Waals surface area contributed by atoms with Crippen molar-refractivity contribution in [3.8, 4) is 17.2 Å². The molecule has 0 aliphatic carbocycles. The van der Waals surface area contributed by atoms with E-state index in [-0.39, 0.29) is 11.8 Å². The molecule has 174 valence electrons. The van der Waals surface area contributed by atoms with Crippen LogP contribution in [0.5, 0.6) is 17.2 Å². The van der Waals surface area contributed by atoms with Crippen molar-refractivity contribution in [2.45, 2.75) is 6.92 Å². The number of carbonyl (C=O) groups excluding carboxylic acids is 2. The average Bonchev–Trinajstić information content (AvgIpc) is 3.13. The van der Waals surface area contributed by atoms with E-state index >= 15 is 0 Å². The molecule has 0 radical (unpaired) electrons. The second kappa shape index (κ2) is 9.54. The molecule has 2 amide bonds. The minimum atomic E-state index is -0.385. The number of amides is 2. The third-order valence-corrected chi connectivity index (χ3v) is 6.20. The first-order chi connectivity index (χ1) is 16.0. The lowest BCUT2D eigenvalue weighted by molar-refractivity contribution is -0.120. The Morgan fingerprint density at radius 1 is 0.788 bits per heavy atom. The van der Waals surface area contributed by atoms with Crippen molar-refractivity contribution >= 4 is 23.1 Å². The van der Waals surface area contributed by atoms with Crippen molar-refractivity contribution in [3.63, 3.8) is 0 Å². The Balaban J connectivity index is 1.81. The van der Waals surface area contributed by atoms with Crippen molar-refractivity contribution < 1.29 is 23.8 Å². The standard InChI is InChI=1S/C25H29N3O5/c1-5-26-12-14-27(15-13-26)23-22(17-6-8-18(31-2)9-7-17)24(29)28(25(23)30)20-16-19(32-3)10-11-21(20)33-4/h6-11,16H,5,12-15H2,1-4H3. The first kappa shape index (κ1) is 22.7. The van der Waals surface area contributed by atoms with Crippen LogP contribution in [-0.2, 0) is 9.59 Å². The maximum absolute atomic E-state index is 13.8. The first-order valence-corrected chi connectivity index (χ1v) is 11.0. The van der Waals surface area contributed by atoms with Gasteiger partial charge in [-0.15, -0.1) is 0 Å². The lowest BCUT2D eigenvalue weighted by Crippen LogP contribution is -2.47. The largest absolute Gasteiger partial charge is 0.497 e. The molecule has 0 unspecified atom stereocenters. The summed E-state index contributed by atoms with van der Waals surface area (Å²) in [5, 5.41) is 0. The van der Waals surface area contributed by atoms with Gasteiger partial charge < -0.3 is 24.0 Å². The molecule has 1 saturated heterocycles. The fourth-order valence-corrected chi connectivity index (χ4v) is 4.31. The van der Waals surface area contributed by atoms with Crippen LogP contribution in [0.15, 0.2) is 48.2 Å². The van der Waals surface area contributed by atoms with Gasteiger partial charge in [0.05, 0.1) is 32.6 Å². The maximum Gasteiger partial charge on any atom is 0.282 e. The monoisotopic (exact) mass is 451 g/mol. The molecule has 2 heterocycles. The van der Waals surface area contributed by atoms with Gasteiger partial charge in [0, 0.05) is 32.2 Å². The molecule has 0 spiro atoms. The Labute approximate surface area is 193 Å². The molecule has 0 atom stereocenters. The lowest BCUT2D eigenvalue weighted by atomic mass is 10.0. The number of carbonyl (C=O) groups is 2. The predicted octanol–water partition coefficient (Wildman–Crippen LogP) is 2.63. The van der Waals surface area contributed by atoms with Crippen LogP contribution < -0.4 is 19.1 Å². The van der Waals surface area contributed by atoms with Gasteiger partial charge in [0.15, 0.2) is 0 Å². The normalized spacial score (nSPS) is 17.1. The summed E-state index contributed by atoms with van der Waals surface area (Å²) in [7, 11) is 4.64. The molecule has 2 aromatic rings. The maximum atomic E-state index is 13.8. The summed E-state index contributed by atoms with van der Waals surface area (Å²) in [4.78, 5) is 33.2. The molecule has 1 fully saturated rings. The van der Waals surface area contributed by atoms with E-state index in [0.29, 0.717) is 52.9 Å². The number of ether oxygens (including phenoxy) is 3. The molecule has 2 aromatic carbocycles. The van der Waals surface area contributed by atoms with Crippen LogP contribution in [0.4, 0.5) is 5.69 Å². The van der Waals surface area contributed by atoms with E-state index in [2.05, 4.69) is 11.8 Å². The smallest absolute Gasteiger partial charge is 0.282 e. The molecule has 0 bridgehead atoms. The fraction of sp³-hybridized carbons (Fsp3) is 0.360. The minimum absolute atomic E-state index is 0.359. The quantitative estimate of drug-likeness (QED) is 0.600. The van der Waals surface area contributed by atoms with Crippen LogP contribution in [0.3, 0.4) is 0 Å². The molecule has 2 aliphatic rings. The number of hydrogen-bond acceptors (Lipinski definition) is 7. The third-order valence-electron chi connectivity index (χ3n) is 6.20. The summed E-state index contributed by atoms with van der Waals surface area (Å²) in [5.41, 5.74) is 1.84. The number of methoxy groups -OCH3 is 3. The minimum Gasteiger partial charge on any atom is -0.497 e. The van der Waals surface area contributed by atoms with Gasteiger partial charge in [0.1, 0.15) is 22.9 Å². The van der Waals surface area contributed by atoms with E-state index in [1.54, 1.807) is 44.6 Å². The summed E-state index contributed by atoms with van der Waals surface area (Å²) in [6.45, 7) is 6.09. The van der Waals surface area contributed by atoms with Gasteiger partial charge in [-0.3, -0.25) is 9.59 Å². The second-order valence-electron chi connectivity index (χ2n) is 7.86. The molecule has 8 nitrogen and oxygen atoms in total. The highest BCUT2D eigenvalue weighted by Crippen LogP contribution is 2.40. The number of hydrogen-bond donors (Lipinski definition) is 0. The Bertz CT molecular complexity index is 1070. The van der Waals surface area contributed by atoms with Crippen LogP contribution in [-0.4, -0.2) is 75.7 Å². The van der Waals surface area contributed by atoms with E-state index in [0.717, 1.165) is 19.6 Å². The van der Waals surface area contributed by atoms with E-state index in [1.807, 2.05) is 17.0 Å². The zero-order valence-corrected chi connectivity index (χ0v) is 19.5. The zero-order valence-electron chi connectivity index (χ0n) is 19.5. The summed E-state index contributed by atoms with van der Waals surface area (Å²) >= 11 is 0. The van der Waals surface area contributed by atoms with Crippen LogP contribution in [0.1, 0.15) is 12.5 Å². The number of nitrogens with zero attached hydrogens (tertiary/aromatic N) is 3. The van der Waals surface area contributed by atoms with Gasteiger partial charge in [-0.05, 0) is 36.4 Å². The van der Waals surface area contributed by atoms with Crippen molar-refractivity contribution in [2.75, 3.05) is 59.0 Å². The van der Waals surface area contributed by atoms with Gasteiger partial charge in [0.2, 0.25) is 0 Å². The Morgan fingerprint density at radius 3 is 2.00 bits per heavy atom. The molecule has 0 aromatic heterocycles. The van der Waals surface area contributed by atoms with E-state index in [4.69, 9.17) is 14.2 Å². The molecule has 2 aliphatic heterocycles. The number of rotatable bonds is 7. The highest BCUT2D eigenvalue weighted by Gasteiger charge is 2.44. The van der Waals surface area contributed by atoms with Crippen LogP contribution >= 0.6 is 0 Å². The first-order valence-electron chi connectivity index (χ1n) is 11.0. The van der Waals surface area contributed by atoms with Crippen LogP contribution in [0.25, 0.3) is 5.57 Å². The molecule has 33 heavy (non-hydrogen) atoms. The molecular weight excluding hydrogens is 422 g/mol. The molecular formula is C25H29N3O5. The fourth-order valence-electron chi connectivity index (χ4n) is 4.31. The summed E-state index contributed by atoms with van der Waals surface area (Å²) in [6, 6.07) is 12.3. The summed E-state index contributed by atoms with van der Waals surface area (Å²) < 4.78 is 16.1. The lowest BCUT2D eigenvalue weighted by Gasteiger charge is -2.36. The second-order valence-corrected chi connectivity index (χ2v) is 7.86. The van der Waals surface area contributed by atoms with Crippen molar-refractivity contribution in [1.82, 2.24) is 9.80 Å². The highest BCUT2D eigenvalue weighted by molar-refractivity contribution is 6.45. The molecule has 4 rings (SSSR count). The van der Waals surface area contributed by atoms with Gasteiger partial charge in [0.25, 0.3) is 11.8 Å².